The van der Waals surface area contributed by atoms with Gasteiger partial charge in [-0.05, 0) is 38.5 Å². The van der Waals surface area contributed by atoms with Crippen molar-refractivity contribution < 1.29 is 23.8 Å². The van der Waals surface area contributed by atoms with E-state index < -0.39 is 0 Å². The molecule has 0 rings (SSSR count). The van der Waals surface area contributed by atoms with Crippen molar-refractivity contribution in [2.45, 2.75) is 143 Å². The molecule has 0 N–H and O–H groups in total. The Bertz CT molecular complexity index is 507. The summed E-state index contributed by atoms with van der Waals surface area (Å²) in [6.07, 6.45) is 23.4. The molecular formula is C30H54O5. The number of rotatable bonds is 26. The Morgan fingerprint density at radius 2 is 0.943 bits per heavy atom. The minimum Gasteiger partial charge on any atom is -0.347 e. The van der Waals surface area contributed by atoms with Crippen LogP contribution in [0.5, 0.6) is 0 Å². The molecule has 0 heterocycles. The van der Waals surface area contributed by atoms with Gasteiger partial charge in [0, 0.05) is 11.1 Å². The van der Waals surface area contributed by atoms with E-state index >= 15 is 0 Å². The van der Waals surface area contributed by atoms with E-state index in [4.69, 9.17) is 14.2 Å². The standard InChI is InChI=1S/C30H54O5/c1-5-9-11-13-15-17-19-21-27(23-31)29(7-3)34-25-33-26-35-30(8-4)28(24-32)22-20-18-16-14-12-10-6-2/h21-24,29-30H,5-20,25-26H2,1-4H3. The molecule has 5 heteroatoms. The van der Waals surface area contributed by atoms with Crippen LogP contribution in [0.2, 0.25) is 0 Å². The van der Waals surface area contributed by atoms with Gasteiger partial charge < -0.3 is 14.2 Å². The Morgan fingerprint density at radius 1 is 0.571 bits per heavy atom. The lowest BCUT2D eigenvalue weighted by atomic mass is 10.0. The van der Waals surface area contributed by atoms with Crippen molar-refractivity contribution in [1.29, 1.82) is 0 Å². The van der Waals surface area contributed by atoms with Crippen LogP contribution in [-0.2, 0) is 23.8 Å². The maximum atomic E-state index is 11.6. The fourth-order valence-electron chi connectivity index (χ4n) is 4.09. The molecule has 0 fully saturated rings. The van der Waals surface area contributed by atoms with Crippen molar-refractivity contribution in [3.8, 4) is 0 Å². The molecule has 0 aliphatic carbocycles. The Hall–Kier alpha value is -1.30. The van der Waals surface area contributed by atoms with Crippen LogP contribution in [-0.4, -0.2) is 38.4 Å². The summed E-state index contributed by atoms with van der Waals surface area (Å²) in [7, 11) is 0. The van der Waals surface area contributed by atoms with Crippen LogP contribution in [0.15, 0.2) is 23.3 Å². The summed E-state index contributed by atoms with van der Waals surface area (Å²) in [5, 5.41) is 0. The Kier molecular flexibility index (Phi) is 24.8. The highest BCUT2D eigenvalue weighted by Gasteiger charge is 2.14. The highest BCUT2D eigenvalue weighted by Crippen LogP contribution is 2.15. The molecule has 0 aromatic rings. The average Bonchev–Trinajstić information content (AvgIpc) is 2.88. The van der Waals surface area contributed by atoms with Crippen LogP contribution in [0, 0.1) is 0 Å². The molecule has 0 aromatic carbocycles. The smallest absolute Gasteiger partial charge is 0.150 e. The van der Waals surface area contributed by atoms with Crippen LogP contribution in [0.4, 0.5) is 0 Å². The van der Waals surface area contributed by atoms with Crippen LogP contribution in [0.3, 0.4) is 0 Å². The molecule has 0 saturated heterocycles. The average molecular weight is 495 g/mol. The van der Waals surface area contributed by atoms with Crippen LogP contribution >= 0.6 is 0 Å². The SMILES string of the molecule is CCCCCCCCC=C(C=O)C(CC)OCOCOC(CC)C(C=O)=CCCCCCCCC. The van der Waals surface area contributed by atoms with Crippen LogP contribution < -0.4 is 0 Å². The number of allylic oxidation sites excluding steroid dienone is 2. The number of ether oxygens (including phenoxy) is 3. The van der Waals surface area contributed by atoms with Crippen LogP contribution in [0.1, 0.15) is 130 Å². The lowest BCUT2D eigenvalue weighted by Crippen LogP contribution is -2.21. The van der Waals surface area contributed by atoms with Gasteiger partial charge in [0.2, 0.25) is 0 Å². The highest BCUT2D eigenvalue weighted by atomic mass is 16.7. The lowest BCUT2D eigenvalue weighted by Gasteiger charge is -2.19. The number of carbonyl (C=O) groups is 2. The Labute approximate surface area is 216 Å². The van der Waals surface area contributed by atoms with Crippen LogP contribution in [0.25, 0.3) is 0 Å². The van der Waals surface area contributed by atoms with Gasteiger partial charge in [-0.1, -0.05) is 104 Å². The summed E-state index contributed by atoms with van der Waals surface area (Å²) in [6.45, 7) is 8.55. The van der Waals surface area contributed by atoms with Gasteiger partial charge >= 0.3 is 0 Å². The first-order valence-electron chi connectivity index (χ1n) is 14.3. The molecule has 0 spiro atoms. The predicted molar refractivity (Wildman–Crippen MR) is 145 cm³/mol. The quantitative estimate of drug-likeness (QED) is 0.0524. The second-order valence-electron chi connectivity index (χ2n) is 9.32. The molecule has 35 heavy (non-hydrogen) atoms. The number of unbranched alkanes of at least 4 members (excludes halogenated alkanes) is 12. The molecule has 0 saturated carbocycles. The molecule has 0 aliphatic rings. The monoisotopic (exact) mass is 494 g/mol. The topological polar surface area (TPSA) is 61.8 Å². The second-order valence-corrected chi connectivity index (χ2v) is 9.32. The third kappa shape index (κ3) is 18.6. The number of hydrogen-bond donors (Lipinski definition) is 0. The van der Waals surface area contributed by atoms with Crippen molar-refractivity contribution in [3.05, 3.63) is 23.3 Å². The van der Waals surface area contributed by atoms with Gasteiger partial charge in [-0.3, -0.25) is 9.59 Å². The first kappa shape index (κ1) is 33.7. The molecule has 2 unspecified atom stereocenters. The molecule has 2 atom stereocenters. The maximum absolute atomic E-state index is 11.6. The summed E-state index contributed by atoms with van der Waals surface area (Å²) in [5.74, 6) is 0. The lowest BCUT2D eigenvalue weighted by molar-refractivity contribution is -0.156. The highest BCUT2D eigenvalue weighted by molar-refractivity contribution is 5.75. The maximum Gasteiger partial charge on any atom is 0.150 e. The summed E-state index contributed by atoms with van der Waals surface area (Å²) in [4.78, 5) is 23.1. The fraction of sp³-hybridized carbons (Fsp3) is 0.800. The minimum absolute atomic E-state index is 0.0506. The number of carbonyl (C=O) groups excluding carboxylic acids is 2. The molecule has 0 aromatic heterocycles. The van der Waals surface area contributed by atoms with E-state index in [9.17, 15) is 9.59 Å². The largest absolute Gasteiger partial charge is 0.347 e. The molecule has 0 aliphatic heterocycles. The normalized spacial score (nSPS) is 14.2. The van der Waals surface area contributed by atoms with Crippen molar-refractivity contribution >= 4 is 12.6 Å². The fourth-order valence-corrected chi connectivity index (χ4v) is 4.09. The van der Waals surface area contributed by atoms with Gasteiger partial charge in [-0.2, -0.15) is 0 Å². The first-order chi connectivity index (χ1) is 17.2. The van der Waals surface area contributed by atoms with E-state index in [-0.39, 0.29) is 25.8 Å². The summed E-state index contributed by atoms with van der Waals surface area (Å²) < 4.78 is 17.1. The van der Waals surface area contributed by atoms with Crippen molar-refractivity contribution in [3.63, 3.8) is 0 Å². The predicted octanol–water partition coefficient (Wildman–Crippen LogP) is 8.26. The summed E-state index contributed by atoms with van der Waals surface area (Å²) in [6, 6.07) is 0. The van der Waals surface area contributed by atoms with E-state index in [1.54, 1.807) is 0 Å². The molecule has 5 nitrogen and oxygen atoms in total. The van der Waals surface area contributed by atoms with Crippen molar-refractivity contribution in [2.24, 2.45) is 0 Å². The third-order valence-electron chi connectivity index (χ3n) is 6.34. The van der Waals surface area contributed by atoms with Gasteiger partial charge in [-0.15, -0.1) is 0 Å². The Balaban J connectivity index is 4.29. The zero-order valence-electron chi connectivity index (χ0n) is 23.2. The van der Waals surface area contributed by atoms with Gasteiger partial charge in [0.25, 0.3) is 0 Å². The molecule has 0 radical (unpaired) electrons. The molecule has 0 bridgehead atoms. The van der Waals surface area contributed by atoms with Gasteiger partial charge in [0.15, 0.2) is 0 Å². The summed E-state index contributed by atoms with van der Waals surface area (Å²) >= 11 is 0. The minimum atomic E-state index is -0.266. The van der Waals surface area contributed by atoms with E-state index in [1.165, 1.54) is 64.2 Å². The van der Waals surface area contributed by atoms with Gasteiger partial charge in [-0.25, -0.2) is 0 Å². The Morgan fingerprint density at radius 3 is 1.29 bits per heavy atom. The van der Waals surface area contributed by atoms with Gasteiger partial charge in [0.1, 0.15) is 26.2 Å². The van der Waals surface area contributed by atoms with E-state index in [0.717, 1.165) is 38.3 Å². The number of aldehydes is 2. The molecule has 0 amide bonds. The van der Waals surface area contributed by atoms with E-state index in [2.05, 4.69) is 13.8 Å². The summed E-state index contributed by atoms with van der Waals surface area (Å²) in [5.41, 5.74) is 1.38. The second kappa shape index (κ2) is 25.8. The first-order valence-corrected chi connectivity index (χ1v) is 14.3. The van der Waals surface area contributed by atoms with E-state index in [1.807, 2.05) is 26.0 Å². The third-order valence-corrected chi connectivity index (χ3v) is 6.34. The van der Waals surface area contributed by atoms with Crippen molar-refractivity contribution in [1.82, 2.24) is 0 Å². The zero-order chi connectivity index (χ0) is 26.0. The van der Waals surface area contributed by atoms with E-state index in [0.29, 0.717) is 24.0 Å². The van der Waals surface area contributed by atoms with Gasteiger partial charge in [0.05, 0.1) is 12.2 Å². The zero-order valence-corrected chi connectivity index (χ0v) is 23.2. The molecule has 204 valence electrons. The molecular weight excluding hydrogens is 440 g/mol. The number of hydrogen-bond acceptors (Lipinski definition) is 5. The van der Waals surface area contributed by atoms with Crippen molar-refractivity contribution in [2.75, 3.05) is 13.6 Å².